The Labute approximate surface area is 104 Å². The fourth-order valence-corrected chi connectivity index (χ4v) is 1.72. The van der Waals surface area contributed by atoms with Crippen LogP contribution in [0.1, 0.15) is 23.1 Å². The summed E-state index contributed by atoms with van der Waals surface area (Å²) in [5, 5.41) is 16.6. The molecule has 0 saturated carbocycles. The van der Waals surface area contributed by atoms with Crippen LogP contribution in [0.4, 0.5) is 0 Å². The Morgan fingerprint density at radius 3 is 2.56 bits per heavy atom. The molecule has 0 saturated heterocycles. The molecular formula is C12H13N3O3. The highest BCUT2D eigenvalue weighted by molar-refractivity contribution is 5.86. The summed E-state index contributed by atoms with van der Waals surface area (Å²) in [5.74, 6) is -0.331. The second-order valence-electron chi connectivity index (χ2n) is 3.65. The van der Waals surface area contributed by atoms with E-state index in [4.69, 9.17) is 9.84 Å². The lowest BCUT2D eigenvalue weighted by atomic mass is 10.2. The molecule has 0 aliphatic carbocycles. The minimum absolute atomic E-state index is 0.00619. The maximum atomic E-state index is 11.0. The summed E-state index contributed by atoms with van der Waals surface area (Å²) < 4.78 is 6.60. The molecule has 6 heteroatoms. The van der Waals surface area contributed by atoms with Crippen molar-refractivity contribution in [2.24, 2.45) is 0 Å². The number of carboxylic acid groups (broad SMARTS) is 1. The molecule has 0 fully saturated rings. The van der Waals surface area contributed by atoms with Crippen molar-refractivity contribution >= 4 is 5.97 Å². The lowest BCUT2D eigenvalue weighted by Gasteiger charge is -2.06. The number of carboxylic acids is 1. The van der Waals surface area contributed by atoms with Gasteiger partial charge in [0.1, 0.15) is 5.75 Å². The number of hydrogen-bond acceptors (Lipinski definition) is 4. The number of aromatic carboxylic acids is 1. The van der Waals surface area contributed by atoms with Crippen LogP contribution in [0.5, 0.6) is 5.75 Å². The molecule has 0 bridgehead atoms. The standard InChI is InChI=1S/C12H13N3O3/c1-3-10-11(12(16)17)13-14-15(10)8-4-6-9(18-2)7-5-8/h4-7H,3H2,1-2H3,(H,16,17). The predicted molar refractivity (Wildman–Crippen MR) is 64.2 cm³/mol. The normalized spacial score (nSPS) is 10.3. The molecule has 94 valence electrons. The maximum absolute atomic E-state index is 11.0. The van der Waals surface area contributed by atoms with Gasteiger partial charge in [-0.15, -0.1) is 5.10 Å². The van der Waals surface area contributed by atoms with Crippen molar-refractivity contribution in [3.05, 3.63) is 35.7 Å². The number of benzene rings is 1. The topological polar surface area (TPSA) is 77.2 Å². The first-order chi connectivity index (χ1) is 8.67. The van der Waals surface area contributed by atoms with E-state index in [1.165, 1.54) is 4.68 Å². The van der Waals surface area contributed by atoms with Crippen LogP contribution in [0.25, 0.3) is 5.69 Å². The Morgan fingerprint density at radius 1 is 1.39 bits per heavy atom. The van der Waals surface area contributed by atoms with Gasteiger partial charge in [0, 0.05) is 0 Å². The van der Waals surface area contributed by atoms with Gasteiger partial charge in [-0.1, -0.05) is 12.1 Å². The average molecular weight is 247 g/mol. The summed E-state index contributed by atoms with van der Waals surface area (Å²) >= 11 is 0. The molecule has 0 spiro atoms. The summed E-state index contributed by atoms with van der Waals surface area (Å²) in [6.45, 7) is 1.87. The number of methoxy groups -OCH3 is 1. The second kappa shape index (κ2) is 4.87. The van der Waals surface area contributed by atoms with Crippen molar-refractivity contribution in [2.45, 2.75) is 13.3 Å². The van der Waals surface area contributed by atoms with Crippen LogP contribution in [0.2, 0.25) is 0 Å². The zero-order valence-electron chi connectivity index (χ0n) is 10.1. The van der Waals surface area contributed by atoms with Gasteiger partial charge in [-0.2, -0.15) is 0 Å². The monoisotopic (exact) mass is 247 g/mol. The fourth-order valence-electron chi connectivity index (χ4n) is 1.72. The van der Waals surface area contributed by atoms with Crippen molar-refractivity contribution in [1.82, 2.24) is 15.0 Å². The van der Waals surface area contributed by atoms with E-state index < -0.39 is 5.97 Å². The summed E-state index contributed by atoms with van der Waals surface area (Å²) in [4.78, 5) is 11.0. The van der Waals surface area contributed by atoms with Crippen LogP contribution in [0.3, 0.4) is 0 Å². The number of hydrogen-bond donors (Lipinski definition) is 1. The largest absolute Gasteiger partial charge is 0.497 e. The molecule has 2 aromatic rings. The van der Waals surface area contributed by atoms with Gasteiger partial charge in [-0.05, 0) is 30.7 Å². The van der Waals surface area contributed by atoms with Crippen LogP contribution in [-0.4, -0.2) is 33.2 Å². The first-order valence-corrected chi connectivity index (χ1v) is 5.49. The third-order valence-corrected chi connectivity index (χ3v) is 2.62. The first kappa shape index (κ1) is 12.1. The Morgan fingerprint density at radius 2 is 2.06 bits per heavy atom. The van der Waals surface area contributed by atoms with Crippen molar-refractivity contribution < 1.29 is 14.6 Å². The van der Waals surface area contributed by atoms with E-state index in [-0.39, 0.29) is 5.69 Å². The maximum Gasteiger partial charge on any atom is 0.358 e. The average Bonchev–Trinajstić information content (AvgIpc) is 2.82. The number of nitrogens with zero attached hydrogens (tertiary/aromatic N) is 3. The lowest BCUT2D eigenvalue weighted by molar-refractivity contribution is 0.0689. The third-order valence-electron chi connectivity index (χ3n) is 2.62. The number of ether oxygens (including phenoxy) is 1. The lowest BCUT2D eigenvalue weighted by Crippen LogP contribution is -2.05. The van der Waals surface area contributed by atoms with Gasteiger partial charge in [-0.25, -0.2) is 9.48 Å². The highest BCUT2D eigenvalue weighted by Gasteiger charge is 2.18. The summed E-state index contributed by atoms with van der Waals surface area (Å²) in [6, 6.07) is 7.18. The van der Waals surface area contributed by atoms with Crippen LogP contribution in [0.15, 0.2) is 24.3 Å². The Kier molecular flexibility index (Phi) is 3.27. The van der Waals surface area contributed by atoms with Crippen molar-refractivity contribution in [1.29, 1.82) is 0 Å². The zero-order valence-corrected chi connectivity index (χ0v) is 10.1. The van der Waals surface area contributed by atoms with Gasteiger partial charge in [0.15, 0.2) is 5.69 Å². The van der Waals surface area contributed by atoms with Gasteiger partial charge in [-0.3, -0.25) is 0 Å². The van der Waals surface area contributed by atoms with E-state index >= 15 is 0 Å². The van der Waals surface area contributed by atoms with E-state index in [1.54, 1.807) is 31.4 Å². The molecule has 1 N–H and O–H groups in total. The van der Waals surface area contributed by atoms with Gasteiger partial charge in [0.2, 0.25) is 0 Å². The van der Waals surface area contributed by atoms with Crippen molar-refractivity contribution in [3.8, 4) is 11.4 Å². The van der Waals surface area contributed by atoms with Gasteiger partial charge in [0.25, 0.3) is 0 Å². The van der Waals surface area contributed by atoms with Crippen molar-refractivity contribution in [3.63, 3.8) is 0 Å². The third kappa shape index (κ3) is 2.04. The Hall–Kier alpha value is -2.37. The Bertz CT molecular complexity index is 560. The zero-order chi connectivity index (χ0) is 13.1. The Balaban J connectivity index is 2.46. The number of rotatable bonds is 4. The molecule has 0 aliphatic heterocycles. The number of carbonyl (C=O) groups is 1. The molecule has 0 amide bonds. The predicted octanol–water partition coefficient (Wildman–Crippen LogP) is 1.54. The molecule has 1 aromatic carbocycles. The van der Waals surface area contributed by atoms with E-state index in [9.17, 15) is 4.79 Å². The summed E-state index contributed by atoms with van der Waals surface area (Å²) in [7, 11) is 1.59. The smallest absolute Gasteiger partial charge is 0.358 e. The van der Waals surface area contributed by atoms with E-state index in [0.717, 1.165) is 11.4 Å². The van der Waals surface area contributed by atoms with Crippen LogP contribution in [0, 0.1) is 0 Å². The molecule has 0 unspecified atom stereocenters. The molecule has 1 heterocycles. The van der Waals surface area contributed by atoms with Crippen molar-refractivity contribution in [2.75, 3.05) is 7.11 Å². The van der Waals surface area contributed by atoms with Crippen LogP contribution >= 0.6 is 0 Å². The summed E-state index contributed by atoms with van der Waals surface area (Å²) in [5.41, 5.74) is 1.33. The van der Waals surface area contributed by atoms with E-state index in [0.29, 0.717) is 12.1 Å². The molecule has 18 heavy (non-hydrogen) atoms. The van der Waals surface area contributed by atoms with Crippen LogP contribution in [-0.2, 0) is 6.42 Å². The molecule has 0 aliphatic rings. The van der Waals surface area contributed by atoms with Crippen LogP contribution < -0.4 is 4.74 Å². The van der Waals surface area contributed by atoms with Gasteiger partial charge >= 0.3 is 5.97 Å². The molecule has 6 nitrogen and oxygen atoms in total. The number of aromatic nitrogens is 3. The van der Waals surface area contributed by atoms with Gasteiger partial charge in [0.05, 0.1) is 18.5 Å². The highest BCUT2D eigenvalue weighted by Crippen LogP contribution is 2.17. The van der Waals surface area contributed by atoms with E-state index in [1.807, 2.05) is 6.92 Å². The SMILES string of the molecule is CCc1c(C(=O)O)nnn1-c1ccc(OC)cc1. The quantitative estimate of drug-likeness (QED) is 0.886. The second-order valence-corrected chi connectivity index (χ2v) is 3.65. The highest BCUT2D eigenvalue weighted by atomic mass is 16.5. The fraction of sp³-hybridized carbons (Fsp3) is 0.250. The molecule has 1 aromatic heterocycles. The first-order valence-electron chi connectivity index (χ1n) is 5.49. The minimum Gasteiger partial charge on any atom is -0.497 e. The van der Waals surface area contributed by atoms with Gasteiger partial charge < -0.3 is 9.84 Å². The molecule has 2 rings (SSSR count). The molecule has 0 atom stereocenters. The van der Waals surface area contributed by atoms with E-state index in [2.05, 4.69) is 10.3 Å². The summed E-state index contributed by atoms with van der Waals surface area (Å²) in [6.07, 6.45) is 0.542. The minimum atomic E-state index is -1.06. The molecule has 0 radical (unpaired) electrons. The molecular weight excluding hydrogens is 234 g/mol.